The van der Waals surface area contributed by atoms with E-state index in [0.717, 1.165) is 25.2 Å². The number of hydrogen-bond acceptors (Lipinski definition) is 8. The highest BCUT2D eigenvalue weighted by atomic mass is 32.2. The number of anilines is 1. The van der Waals surface area contributed by atoms with E-state index in [9.17, 15) is 18.0 Å². The predicted octanol–water partition coefficient (Wildman–Crippen LogP) is -0.821. The van der Waals surface area contributed by atoms with E-state index in [4.69, 9.17) is 9.47 Å². The molecule has 3 rings (SSSR count). The lowest BCUT2D eigenvalue weighted by atomic mass is 10.2. The van der Waals surface area contributed by atoms with Gasteiger partial charge in [0.15, 0.2) is 6.61 Å². The lowest BCUT2D eigenvalue weighted by molar-refractivity contribution is -0.135. The molecule has 10 nitrogen and oxygen atoms in total. The molecule has 1 aromatic rings. The largest absolute Gasteiger partial charge is 0.452 e. The van der Waals surface area contributed by atoms with Gasteiger partial charge in [0.2, 0.25) is 10.0 Å². The quantitative estimate of drug-likeness (QED) is 0.577. The summed E-state index contributed by atoms with van der Waals surface area (Å²) < 4.78 is 34.7. The summed E-state index contributed by atoms with van der Waals surface area (Å²) in [5.74, 6) is -0.205. The molecule has 0 unspecified atom stereocenters. The Kier molecular flexibility index (Phi) is 6.47. The summed E-state index contributed by atoms with van der Waals surface area (Å²) >= 11 is 0. The lowest BCUT2D eigenvalue weighted by Gasteiger charge is -2.33. The maximum atomic E-state index is 12.2. The molecule has 0 N–H and O–H groups in total. The van der Waals surface area contributed by atoms with E-state index in [1.54, 1.807) is 12.1 Å². The topological polar surface area (TPSA) is 109 Å². The van der Waals surface area contributed by atoms with Gasteiger partial charge < -0.3 is 19.3 Å². The van der Waals surface area contributed by atoms with Gasteiger partial charge in [-0.1, -0.05) is 0 Å². The van der Waals surface area contributed by atoms with Crippen molar-refractivity contribution < 1.29 is 27.5 Å². The van der Waals surface area contributed by atoms with Crippen LogP contribution in [-0.4, -0.2) is 99.8 Å². The van der Waals surface area contributed by atoms with Crippen molar-refractivity contribution in [2.24, 2.45) is 0 Å². The van der Waals surface area contributed by atoms with Gasteiger partial charge in [0.1, 0.15) is 5.82 Å². The Labute approximate surface area is 164 Å². The zero-order valence-corrected chi connectivity index (χ0v) is 16.6. The molecular weight excluding hydrogens is 388 g/mol. The SMILES string of the molecule is CS(=O)(=O)N1CCN(C(=O)COC(=O)c2ccc(N3CCOCC3)nc2)CC1. The number of sulfonamides is 1. The van der Waals surface area contributed by atoms with E-state index >= 15 is 0 Å². The summed E-state index contributed by atoms with van der Waals surface area (Å²) in [6, 6.07) is 3.36. The highest BCUT2D eigenvalue weighted by Gasteiger charge is 2.26. The number of piperazine rings is 1. The van der Waals surface area contributed by atoms with E-state index < -0.39 is 16.0 Å². The third-order valence-corrected chi connectivity index (χ3v) is 6.01. The number of ether oxygens (including phenoxy) is 2. The number of amides is 1. The highest BCUT2D eigenvalue weighted by molar-refractivity contribution is 7.88. The third-order valence-electron chi connectivity index (χ3n) is 4.71. The van der Waals surface area contributed by atoms with Gasteiger partial charge >= 0.3 is 5.97 Å². The lowest BCUT2D eigenvalue weighted by Crippen LogP contribution is -2.51. The molecule has 2 aliphatic rings. The summed E-state index contributed by atoms with van der Waals surface area (Å²) in [5, 5.41) is 0. The number of rotatable bonds is 5. The maximum Gasteiger partial charge on any atom is 0.340 e. The molecule has 0 aromatic carbocycles. The van der Waals surface area contributed by atoms with Gasteiger partial charge in [0, 0.05) is 45.5 Å². The first-order valence-electron chi connectivity index (χ1n) is 9.03. The normalized spacial score (nSPS) is 18.8. The van der Waals surface area contributed by atoms with E-state index in [1.165, 1.54) is 15.4 Å². The molecule has 1 amide bonds. The van der Waals surface area contributed by atoms with Crippen molar-refractivity contribution in [2.45, 2.75) is 0 Å². The average molecular weight is 412 g/mol. The first-order valence-corrected chi connectivity index (χ1v) is 10.9. The number of carbonyl (C=O) groups is 2. The van der Waals surface area contributed by atoms with Crippen LogP contribution in [0.25, 0.3) is 0 Å². The molecule has 28 heavy (non-hydrogen) atoms. The first-order chi connectivity index (χ1) is 13.3. The van der Waals surface area contributed by atoms with Crippen LogP contribution >= 0.6 is 0 Å². The number of esters is 1. The van der Waals surface area contributed by atoms with Gasteiger partial charge in [-0.2, -0.15) is 4.31 Å². The fraction of sp³-hybridized carbons (Fsp3) is 0.588. The minimum absolute atomic E-state index is 0.242. The molecule has 0 bridgehead atoms. The van der Waals surface area contributed by atoms with Crippen molar-refractivity contribution in [3.8, 4) is 0 Å². The predicted molar refractivity (Wildman–Crippen MR) is 101 cm³/mol. The molecule has 0 atom stereocenters. The fourth-order valence-electron chi connectivity index (χ4n) is 3.06. The van der Waals surface area contributed by atoms with Crippen molar-refractivity contribution >= 4 is 27.7 Å². The van der Waals surface area contributed by atoms with Crippen LogP contribution in [-0.2, 0) is 24.3 Å². The number of carbonyl (C=O) groups excluding carboxylic acids is 2. The summed E-state index contributed by atoms with van der Waals surface area (Å²) in [4.78, 5) is 32.2. The van der Waals surface area contributed by atoms with Gasteiger partial charge in [-0.15, -0.1) is 0 Å². The van der Waals surface area contributed by atoms with Gasteiger partial charge in [-0.25, -0.2) is 18.2 Å². The van der Waals surface area contributed by atoms with Gasteiger partial charge in [0.05, 0.1) is 25.0 Å². The Morgan fingerprint density at radius 2 is 1.79 bits per heavy atom. The maximum absolute atomic E-state index is 12.2. The monoisotopic (exact) mass is 412 g/mol. The third kappa shape index (κ3) is 5.18. The van der Waals surface area contributed by atoms with Gasteiger partial charge in [-0.05, 0) is 12.1 Å². The summed E-state index contributed by atoms with van der Waals surface area (Å²) in [6.07, 6.45) is 2.58. The standard InChI is InChI=1S/C17H24N4O6S/c1-28(24,25)21-6-4-20(5-7-21)16(22)13-27-17(23)14-2-3-15(18-12-14)19-8-10-26-11-9-19/h2-3,12H,4-11,13H2,1H3. The molecule has 154 valence electrons. The molecule has 2 fully saturated rings. The number of nitrogens with zero attached hydrogens (tertiary/aromatic N) is 4. The van der Waals surface area contributed by atoms with E-state index in [0.29, 0.717) is 13.2 Å². The first kappa shape index (κ1) is 20.5. The minimum Gasteiger partial charge on any atom is -0.452 e. The Morgan fingerprint density at radius 3 is 2.36 bits per heavy atom. The van der Waals surface area contributed by atoms with Crippen LogP contribution in [0.1, 0.15) is 10.4 Å². The zero-order chi connectivity index (χ0) is 20.1. The van der Waals surface area contributed by atoms with Crippen LogP contribution in [0.2, 0.25) is 0 Å². The molecule has 2 aliphatic heterocycles. The Bertz CT molecular complexity index is 799. The molecule has 0 aliphatic carbocycles. The number of morpholine rings is 1. The second-order valence-corrected chi connectivity index (χ2v) is 8.61. The van der Waals surface area contributed by atoms with Crippen molar-refractivity contribution in [1.82, 2.24) is 14.2 Å². The van der Waals surface area contributed by atoms with E-state index in [2.05, 4.69) is 9.88 Å². The molecular formula is C17H24N4O6S. The van der Waals surface area contributed by atoms with Crippen LogP contribution in [0.3, 0.4) is 0 Å². The summed E-state index contributed by atoms with van der Waals surface area (Å²) in [7, 11) is -3.26. The van der Waals surface area contributed by atoms with Crippen LogP contribution in [0.5, 0.6) is 0 Å². The second kappa shape index (κ2) is 8.84. The minimum atomic E-state index is -3.26. The van der Waals surface area contributed by atoms with E-state index in [-0.39, 0.29) is 44.3 Å². The van der Waals surface area contributed by atoms with Crippen molar-refractivity contribution in [3.05, 3.63) is 23.9 Å². The Balaban J connectivity index is 1.46. The highest BCUT2D eigenvalue weighted by Crippen LogP contribution is 2.14. The molecule has 0 saturated carbocycles. The molecule has 0 spiro atoms. The number of hydrogen-bond donors (Lipinski definition) is 0. The van der Waals surface area contributed by atoms with Crippen LogP contribution in [0.4, 0.5) is 5.82 Å². The number of pyridine rings is 1. The Morgan fingerprint density at radius 1 is 1.11 bits per heavy atom. The average Bonchev–Trinajstić information content (AvgIpc) is 2.72. The molecule has 3 heterocycles. The van der Waals surface area contributed by atoms with Crippen molar-refractivity contribution in [2.75, 3.05) is 70.2 Å². The smallest absolute Gasteiger partial charge is 0.340 e. The summed E-state index contributed by atoms with van der Waals surface area (Å²) in [6.45, 7) is 3.44. The number of aromatic nitrogens is 1. The molecule has 1 aromatic heterocycles. The molecule has 2 saturated heterocycles. The Hall–Kier alpha value is -2.24. The van der Waals surface area contributed by atoms with Crippen molar-refractivity contribution in [3.63, 3.8) is 0 Å². The van der Waals surface area contributed by atoms with Crippen LogP contribution in [0, 0.1) is 0 Å². The second-order valence-electron chi connectivity index (χ2n) is 6.62. The zero-order valence-electron chi connectivity index (χ0n) is 15.7. The molecule has 0 radical (unpaired) electrons. The van der Waals surface area contributed by atoms with Crippen LogP contribution in [0.15, 0.2) is 18.3 Å². The summed E-state index contributed by atoms with van der Waals surface area (Å²) in [5.41, 5.74) is 0.270. The molecule has 11 heteroatoms. The van der Waals surface area contributed by atoms with Crippen LogP contribution < -0.4 is 4.90 Å². The van der Waals surface area contributed by atoms with Gasteiger partial charge in [-0.3, -0.25) is 4.79 Å². The fourth-order valence-corrected chi connectivity index (χ4v) is 3.88. The van der Waals surface area contributed by atoms with Gasteiger partial charge in [0.25, 0.3) is 5.91 Å². The van der Waals surface area contributed by atoms with E-state index in [1.807, 2.05) is 0 Å². The van der Waals surface area contributed by atoms with Crippen molar-refractivity contribution in [1.29, 1.82) is 0 Å².